The average molecular weight is 616 g/mol. The molecule has 0 atom stereocenters. The molecule has 9 aromatic carbocycles. The van der Waals surface area contributed by atoms with Gasteiger partial charge in [0, 0.05) is 52.0 Å². The Bertz CT molecular complexity index is 2320. The van der Waals surface area contributed by atoms with Crippen LogP contribution in [-0.2, 0) is 0 Å². The van der Waals surface area contributed by atoms with Gasteiger partial charge in [0.05, 0.1) is 0 Å². The minimum Gasteiger partial charge on any atom is -0.507 e. The molecular formula is C34H16Br2O2. The van der Waals surface area contributed by atoms with Crippen molar-refractivity contribution < 1.29 is 10.2 Å². The van der Waals surface area contributed by atoms with E-state index in [0.717, 1.165) is 95.1 Å². The van der Waals surface area contributed by atoms with Gasteiger partial charge in [0.2, 0.25) is 0 Å². The second-order valence-electron chi connectivity index (χ2n) is 10.2. The molecule has 0 aromatic heterocycles. The number of phenols is 2. The van der Waals surface area contributed by atoms with E-state index in [1.165, 1.54) is 0 Å². The van der Waals surface area contributed by atoms with Crippen molar-refractivity contribution in [3.8, 4) is 11.5 Å². The van der Waals surface area contributed by atoms with E-state index in [1.807, 2.05) is 36.4 Å². The van der Waals surface area contributed by atoms with Gasteiger partial charge in [0.1, 0.15) is 11.5 Å². The molecule has 0 heterocycles. The third-order valence-electron chi connectivity index (χ3n) is 8.46. The fraction of sp³-hybridized carbons (Fsp3) is 0. The van der Waals surface area contributed by atoms with Crippen LogP contribution >= 0.6 is 31.9 Å². The van der Waals surface area contributed by atoms with Crippen LogP contribution in [0.25, 0.3) is 86.2 Å². The molecule has 178 valence electrons. The van der Waals surface area contributed by atoms with Crippen LogP contribution < -0.4 is 0 Å². The summed E-state index contributed by atoms with van der Waals surface area (Å²) in [5.74, 6) is 0.633. The first-order valence-corrected chi connectivity index (χ1v) is 14.0. The maximum absolute atomic E-state index is 11.4. The quantitative estimate of drug-likeness (QED) is 0.132. The van der Waals surface area contributed by atoms with Crippen molar-refractivity contribution in [2.24, 2.45) is 0 Å². The molecule has 0 bridgehead atoms. The van der Waals surface area contributed by atoms with Crippen molar-refractivity contribution in [2.75, 3.05) is 0 Å². The summed E-state index contributed by atoms with van der Waals surface area (Å²) in [7, 11) is 0. The van der Waals surface area contributed by atoms with E-state index in [2.05, 4.69) is 80.4 Å². The second kappa shape index (κ2) is 6.96. The number of fused-ring (bicyclic) bond motifs is 6. The van der Waals surface area contributed by atoms with Gasteiger partial charge in [0.25, 0.3) is 0 Å². The Labute approximate surface area is 232 Å². The Balaban J connectivity index is 1.65. The van der Waals surface area contributed by atoms with Crippen LogP contribution in [0.5, 0.6) is 11.5 Å². The highest BCUT2D eigenvalue weighted by Gasteiger charge is 2.24. The first-order valence-electron chi connectivity index (χ1n) is 12.5. The van der Waals surface area contributed by atoms with E-state index < -0.39 is 0 Å². The Morgan fingerprint density at radius 3 is 1.11 bits per heavy atom. The summed E-state index contributed by atoms with van der Waals surface area (Å²) in [6.07, 6.45) is 0. The fourth-order valence-corrected chi connectivity index (χ4v) is 8.25. The summed E-state index contributed by atoms with van der Waals surface area (Å²) in [5.41, 5.74) is 0. The van der Waals surface area contributed by atoms with Gasteiger partial charge in [-0.2, -0.15) is 0 Å². The number of halogens is 2. The van der Waals surface area contributed by atoms with E-state index in [0.29, 0.717) is 11.5 Å². The van der Waals surface area contributed by atoms with Crippen LogP contribution in [-0.4, -0.2) is 10.2 Å². The monoisotopic (exact) mass is 614 g/mol. The van der Waals surface area contributed by atoms with Crippen molar-refractivity contribution in [3.63, 3.8) is 0 Å². The molecule has 4 heteroatoms. The van der Waals surface area contributed by atoms with Gasteiger partial charge in [-0.15, -0.1) is 0 Å². The zero-order chi connectivity index (χ0) is 25.4. The van der Waals surface area contributed by atoms with Gasteiger partial charge in [0.15, 0.2) is 0 Å². The average Bonchev–Trinajstić information content (AvgIpc) is 2.94. The van der Waals surface area contributed by atoms with Crippen molar-refractivity contribution in [3.05, 3.63) is 93.9 Å². The molecule has 0 aliphatic carbocycles. The molecule has 0 amide bonds. The molecule has 9 rings (SSSR count). The number of rotatable bonds is 0. The van der Waals surface area contributed by atoms with Gasteiger partial charge in [-0.3, -0.25) is 0 Å². The van der Waals surface area contributed by atoms with E-state index in [-0.39, 0.29) is 0 Å². The Morgan fingerprint density at radius 1 is 0.342 bits per heavy atom. The number of aromatic hydroxyl groups is 2. The van der Waals surface area contributed by atoms with Crippen LogP contribution in [0.2, 0.25) is 0 Å². The van der Waals surface area contributed by atoms with E-state index >= 15 is 0 Å². The van der Waals surface area contributed by atoms with Crippen LogP contribution in [0.15, 0.2) is 93.9 Å². The first kappa shape index (κ1) is 21.1. The molecule has 0 saturated heterocycles. The first-order chi connectivity index (χ1) is 18.5. The van der Waals surface area contributed by atoms with Gasteiger partial charge >= 0.3 is 0 Å². The number of hydrogen-bond donors (Lipinski definition) is 2. The van der Waals surface area contributed by atoms with E-state index in [4.69, 9.17) is 0 Å². The van der Waals surface area contributed by atoms with Gasteiger partial charge in [-0.1, -0.05) is 92.5 Å². The van der Waals surface area contributed by atoms with Gasteiger partial charge in [-0.05, 0) is 67.4 Å². The van der Waals surface area contributed by atoms with Crippen LogP contribution in [0.1, 0.15) is 0 Å². The molecule has 0 fully saturated rings. The maximum Gasteiger partial charge on any atom is 0.131 e. The lowest BCUT2D eigenvalue weighted by atomic mass is 9.83. The Kier molecular flexibility index (Phi) is 3.87. The molecule has 0 spiro atoms. The summed E-state index contributed by atoms with van der Waals surface area (Å²) >= 11 is 7.84. The molecule has 0 aliphatic rings. The normalized spacial score (nSPS) is 12.7. The minimum absolute atomic E-state index is 0.317. The summed E-state index contributed by atoms with van der Waals surface area (Å²) in [5, 5.41) is 39.4. The summed E-state index contributed by atoms with van der Waals surface area (Å²) in [6, 6.07) is 28.9. The minimum atomic E-state index is 0.317. The summed E-state index contributed by atoms with van der Waals surface area (Å²) in [4.78, 5) is 0. The third-order valence-corrected chi connectivity index (χ3v) is 9.71. The Hall–Kier alpha value is -3.86. The SMILES string of the molecule is Oc1c2ccccc2c2c(Br)cc3c4ccc5c(O)c6ccccc6c6c(Br)cc(c7ccc1c2c73)c4c56. The van der Waals surface area contributed by atoms with E-state index in [1.54, 1.807) is 0 Å². The fourth-order valence-electron chi connectivity index (χ4n) is 6.97. The van der Waals surface area contributed by atoms with Crippen LogP contribution in [0, 0.1) is 0 Å². The lowest BCUT2D eigenvalue weighted by Crippen LogP contribution is -1.93. The molecule has 0 radical (unpaired) electrons. The molecule has 0 unspecified atom stereocenters. The lowest BCUT2D eigenvalue weighted by Gasteiger charge is -2.22. The second-order valence-corrected chi connectivity index (χ2v) is 11.9. The molecule has 2 nitrogen and oxygen atoms in total. The van der Waals surface area contributed by atoms with Crippen molar-refractivity contribution in [1.29, 1.82) is 0 Å². The highest BCUT2D eigenvalue weighted by Crippen LogP contribution is 2.53. The molecule has 9 aromatic rings. The predicted octanol–water partition coefficient (Wildman–Crippen LogP) is 10.7. The summed E-state index contributed by atoms with van der Waals surface area (Å²) < 4.78 is 2.01. The van der Waals surface area contributed by atoms with Crippen LogP contribution in [0.4, 0.5) is 0 Å². The van der Waals surface area contributed by atoms with Crippen molar-refractivity contribution in [1.82, 2.24) is 0 Å². The van der Waals surface area contributed by atoms with Crippen molar-refractivity contribution in [2.45, 2.75) is 0 Å². The largest absolute Gasteiger partial charge is 0.507 e. The van der Waals surface area contributed by atoms with Gasteiger partial charge in [-0.25, -0.2) is 0 Å². The topological polar surface area (TPSA) is 40.5 Å². The highest BCUT2D eigenvalue weighted by molar-refractivity contribution is 9.11. The Morgan fingerprint density at radius 2 is 0.684 bits per heavy atom. The molecule has 2 N–H and O–H groups in total. The standard InChI is InChI=1S/C34H16Br2O2/c35-25-13-23-18-10-12-22-32-28(18)24(14-26(36)30(32)16-6-2-4-8-20(16)34(22)38)17-9-11-21-31(27(17)23)29(25)15-5-1-3-7-19(15)33(21)37/h1-14,37-38H. The molecule has 0 aliphatic heterocycles. The maximum atomic E-state index is 11.4. The van der Waals surface area contributed by atoms with Gasteiger partial charge < -0.3 is 10.2 Å². The molecule has 38 heavy (non-hydrogen) atoms. The molecule has 0 saturated carbocycles. The number of hydrogen-bond acceptors (Lipinski definition) is 2. The zero-order valence-electron chi connectivity index (χ0n) is 19.7. The summed E-state index contributed by atoms with van der Waals surface area (Å²) in [6.45, 7) is 0. The predicted molar refractivity (Wildman–Crippen MR) is 168 cm³/mol. The smallest absolute Gasteiger partial charge is 0.131 e. The lowest BCUT2D eigenvalue weighted by molar-refractivity contribution is 0.487. The van der Waals surface area contributed by atoms with Crippen molar-refractivity contribution >= 4 is 118 Å². The highest BCUT2D eigenvalue weighted by atomic mass is 79.9. The number of phenolic OH excluding ortho intramolecular Hbond substituents is 2. The van der Waals surface area contributed by atoms with E-state index in [9.17, 15) is 10.2 Å². The number of benzene rings is 9. The third kappa shape index (κ3) is 2.31. The molecular weight excluding hydrogens is 600 g/mol. The zero-order valence-corrected chi connectivity index (χ0v) is 22.9. The van der Waals surface area contributed by atoms with Crippen LogP contribution in [0.3, 0.4) is 0 Å².